The Morgan fingerprint density at radius 2 is 2.00 bits per heavy atom. The minimum Gasteiger partial charge on any atom is -0.371 e. The van der Waals surface area contributed by atoms with Crippen LogP contribution in [-0.4, -0.2) is 45.0 Å². The van der Waals surface area contributed by atoms with Crippen molar-refractivity contribution in [1.29, 1.82) is 0 Å². The molecule has 1 spiro atoms. The summed E-state index contributed by atoms with van der Waals surface area (Å²) in [5.74, 6) is 0. The Kier molecular flexibility index (Phi) is 3.24. The second-order valence-electron chi connectivity index (χ2n) is 6.21. The van der Waals surface area contributed by atoms with E-state index in [0.29, 0.717) is 6.04 Å². The van der Waals surface area contributed by atoms with E-state index in [1.165, 1.54) is 5.56 Å². The molecule has 0 saturated carbocycles. The minimum atomic E-state index is 0.0315. The first kappa shape index (κ1) is 13.0. The van der Waals surface area contributed by atoms with Crippen LogP contribution in [0.5, 0.6) is 0 Å². The third-order valence-corrected chi connectivity index (χ3v) is 4.69. The van der Waals surface area contributed by atoms with Crippen LogP contribution in [0.15, 0.2) is 43.0 Å². The number of hydrogen-bond acceptors (Lipinski definition) is 4. The van der Waals surface area contributed by atoms with Crippen LogP contribution in [0.4, 0.5) is 0 Å². The average Bonchev–Trinajstić information content (AvgIpc) is 3.23. The molecule has 0 bridgehead atoms. The topological polar surface area (TPSA) is 43.2 Å². The van der Waals surface area contributed by atoms with Gasteiger partial charge in [0.25, 0.3) is 0 Å². The summed E-state index contributed by atoms with van der Waals surface area (Å²) in [5, 5.41) is 7.80. The first-order valence-electron chi connectivity index (χ1n) is 7.57. The van der Waals surface area contributed by atoms with Crippen LogP contribution in [0.25, 0.3) is 0 Å². The maximum atomic E-state index is 6.19. The van der Waals surface area contributed by atoms with E-state index in [1.54, 1.807) is 12.7 Å². The molecular formula is C16H20N4O. The van der Waals surface area contributed by atoms with Crippen molar-refractivity contribution in [3.63, 3.8) is 0 Å². The van der Waals surface area contributed by atoms with E-state index < -0.39 is 0 Å². The summed E-state index contributed by atoms with van der Waals surface area (Å²) in [6, 6.07) is 11.1. The summed E-state index contributed by atoms with van der Waals surface area (Å²) in [5.41, 5.74) is 1.41. The summed E-state index contributed by atoms with van der Waals surface area (Å²) in [6.45, 7) is 3.94. The van der Waals surface area contributed by atoms with Gasteiger partial charge in [0, 0.05) is 26.1 Å². The molecule has 2 unspecified atom stereocenters. The predicted molar refractivity (Wildman–Crippen MR) is 78.7 cm³/mol. The van der Waals surface area contributed by atoms with Crippen LogP contribution < -0.4 is 0 Å². The molecule has 1 aromatic heterocycles. The molecule has 0 amide bonds. The lowest BCUT2D eigenvalue weighted by atomic mass is 9.97. The summed E-state index contributed by atoms with van der Waals surface area (Å²) in [4.78, 5) is 2.50. The highest BCUT2D eigenvalue weighted by Crippen LogP contribution is 2.40. The van der Waals surface area contributed by atoms with Gasteiger partial charge in [-0.05, 0) is 12.0 Å². The molecule has 0 aliphatic carbocycles. The van der Waals surface area contributed by atoms with Gasteiger partial charge in [0.05, 0.1) is 18.2 Å². The number of likely N-dealkylation sites (tertiary alicyclic amines) is 1. The van der Waals surface area contributed by atoms with Gasteiger partial charge < -0.3 is 9.30 Å². The number of hydrogen-bond donors (Lipinski definition) is 0. The van der Waals surface area contributed by atoms with Crippen molar-refractivity contribution in [3.8, 4) is 0 Å². The lowest BCUT2D eigenvalue weighted by Gasteiger charge is -2.23. The first-order valence-corrected chi connectivity index (χ1v) is 7.57. The molecule has 0 radical (unpaired) electrons. The Morgan fingerprint density at radius 1 is 1.19 bits per heavy atom. The molecule has 4 rings (SSSR count). The smallest absolute Gasteiger partial charge is 0.119 e. The van der Waals surface area contributed by atoms with E-state index >= 15 is 0 Å². The SMILES string of the molecule is c1ccc(CN2CCC3(CC(n4cnnc4)CO3)C2)cc1. The number of aromatic nitrogens is 3. The van der Waals surface area contributed by atoms with E-state index in [2.05, 4.69) is 50.0 Å². The van der Waals surface area contributed by atoms with Crippen molar-refractivity contribution in [2.24, 2.45) is 0 Å². The van der Waals surface area contributed by atoms with Crippen LogP contribution in [0, 0.1) is 0 Å². The summed E-state index contributed by atoms with van der Waals surface area (Å²) < 4.78 is 8.27. The van der Waals surface area contributed by atoms with Gasteiger partial charge >= 0.3 is 0 Å². The lowest BCUT2D eigenvalue weighted by molar-refractivity contribution is 0.0112. The Morgan fingerprint density at radius 3 is 2.81 bits per heavy atom. The Bertz CT molecular complexity index is 586. The molecule has 0 N–H and O–H groups in total. The van der Waals surface area contributed by atoms with Gasteiger partial charge in [-0.25, -0.2) is 0 Å². The summed E-state index contributed by atoms with van der Waals surface area (Å²) in [6.07, 6.45) is 5.78. The van der Waals surface area contributed by atoms with Crippen molar-refractivity contribution in [3.05, 3.63) is 48.5 Å². The van der Waals surface area contributed by atoms with E-state index in [4.69, 9.17) is 4.74 Å². The first-order chi connectivity index (χ1) is 10.3. The number of benzene rings is 1. The molecule has 5 nitrogen and oxygen atoms in total. The Hall–Kier alpha value is -1.72. The predicted octanol–water partition coefficient (Wildman–Crippen LogP) is 1.88. The van der Waals surface area contributed by atoms with Gasteiger partial charge in [0.15, 0.2) is 0 Å². The highest BCUT2D eigenvalue weighted by atomic mass is 16.5. The molecule has 2 aliphatic rings. The largest absolute Gasteiger partial charge is 0.371 e. The van der Waals surface area contributed by atoms with Crippen LogP contribution >= 0.6 is 0 Å². The zero-order chi connectivity index (χ0) is 14.1. The van der Waals surface area contributed by atoms with Gasteiger partial charge in [-0.15, -0.1) is 10.2 Å². The standard InChI is InChI=1S/C16H20N4O/c1-2-4-14(5-3-1)9-19-7-6-16(11-19)8-15(10-21-16)20-12-17-18-13-20/h1-5,12-13,15H,6-11H2. The molecule has 2 fully saturated rings. The summed E-state index contributed by atoms with van der Waals surface area (Å²) >= 11 is 0. The fourth-order valence-corrected chi connectivity index (χ4v) is 3.60. The zero-order valence-electron chi connectivity index (χ0n) is 12.1. The van der Waals surface area contributed by atoms with Crippen LogP contribution in [-0.2, 0) is 11.3 Å². The van der Waals surface area contributed by atoms with Crippen molar-refractivity contribution in [2.75, 3.05) is 19.7 Å². The molecule has 2 aromatic rings. The maximum Gasteiger partial charge on any atom is 0.119 e. The van der Waals surface area contributed by atoms with E-state index in [9.17, 15) is 0 Å². The molecule has 2 aliphatic heterocycles. The number of ether oxygens (including phenoxy) is 1. The second kappa shape index (κ2) is 5.24. The Balaban J connectivity index is 1.40. The highest BCUT2D eigenvalue weighted by molar-refractivity contribution is 5.15. The van der Waals surface area contributed by atoms with E-state index in [0.717, 1.165) is 39.1 Å². The molecule has 3 heterocycles. The monoisotopic (exact) mass is 284 g/mol. The number of nitrogens with zero attached hydrogens (tertiary/aromatic N) is 4. The van der Waals surface area contributed by atoms with Crippen molar-refractivity contribution in [1.82, 2.24) is 19.7 Å². The molecule has 5 heteroatoms. The van der Waals surface area contributed by atoms with Crippen molar-refractivity contribution in [2.45, 2.75) is 31.0 Å². The van der Waals surface area contributed by atoms with Gasteiger partial charge in [0.2, 0.25) is 0 Å². The molecular weight excluding hydrogens is 264 g/mol. The molecule has 2 atom stereocenters. The van der Waals surface area contributed by atoms with Gasteiger partial charge in [-0.3, -0.25) is 4.90 Å². The molecule has 1 aromatic carbocycles. The van der Waals surface area contributed by atoms with Gasteiger partial charge in [-0.2, -0.15) is 0 Å². The minimum absolute atomic E-state index is 0.0315. The van der Waals surface area contributed by atoms with E-state index in [-0.39, 0.29) is 5.60 Å². The fraction of sp³-hybridized carbons (Fsp3) is 0.500. The zero-order valence-corrected chi connectivity index (χ0v) is 12.1. The number of rotatable bonds is 3. The fourth-order valence-electron chi connectivity index (χ4n) is 3.60. The molecule has 21 heavy (non-hydrogen) atoms. The van der Waals surface area contributed by atoms with Crippen LogP contribution in [0.3, 0.4) is 0 Å². The normalized spacial score (nSPS) is 29.4. The summed E-state index contributed by atoms with van der Waals surface area (Å²) in [7, 11) is 0. The maximum absolute atomic E-state index is 6.19. The van der Waals surface area contributed by atoms with Gasteiger partial charge in [0.1, 0.15) is 12.7 Å². The van der Waals surface area contributed by atoms with E-state index in [1.807, 2.05) is 0 Å². The van der Waals surface area contributed by atoms with Crippen molar-refractivity contribution >= 4 is 0 Å². The van der Waals surface area contributed by atoms with Crippen LogP contribution in [0.2, 0.25) is 0 Å². The highest BCUT2D eigenvalue weighted by Gasteiger charge is 2.45. The van der Waals surface area contributed by atoms with Crippen LogP contribution in [0.1, 0.15) is 24.4 Å². The second-order valence-corrected chi connectivity index (χ2v) is 6.21. The van der Waals surface area contributed by atoms with Crippen molar-refractivity contribution < 1.29 is 4.74 Å². The third kappa shape index (κ3) is 2.59. The molecule has 110 valence electrons. The third-order valence-electron chi connectivity index (χ3n) is 4.69. The lowest BCUT2D eigenvalue weighted by Crippen LogP contribution is -2.32. The average molecular weight is 284 g/mol. The Labute approximate surface area is 124 Å². The molecule has 2 saturated heterocycles. The van der Waals surface area contributed by atoms with Gasteiger partial charge in [-0.1, -0.05) is 30.3 Å². The quantitative estimate of drug-likeness (QED) is 0.863.